The number of para-hydroxylation sites is 1. The molecule has 6 heteroatoms. The smallest absolute Gasteiger partial charge is 0.337 e. The lowest BCUT2D eigenvalue weighted by atomic mass is 10.1. The van der Waals surface area contributed by atoms with E-state index in [-0.39, 0.29) is 11.9 Å². The summed E-state index contributed by atoms with van der Waals surface area (Å²) in [5.74, 6) is -0.164. The average Bonchev–Trinajstić information content (AvgIpc) is 3.21. The fourth-order valence-corrected chi connectivity index (χ4v) is 3.72. The Labute approximate surface area is 181 Å². The van der Waals surface area contributed by atoms with Crippen molar-refractivity contribution in [2.24, 2.45) is 0 Å². The van der Waals surface area contributed by atoms with Gasteiger partial charge in [0.25, 0.3) is 0 Å². The van der Waals surface area contributed by atoms with E-state index in [0.717, 1.165) is 40.7 Å². The fourth-order valence-electron chi connectivity index (χ4n) is 3.72. The molecule has 0 aliphatic carbocycles. The molecular weight excluding hydrogens is 390 g/mol. The lowest BCUT2D eigenvalue weighted by Gasteiger charge is -2.19. The zero-order valence-electron chi connectivity index (χ0n) is 17.5. The fraction of sp³-hybridized carbons (Fsp3) is 0.240. The van der Waals surface area contributed by atoms with Crippen LogP contribution < -0.4 is 5.32 Å². The van der Waals surface area contributed by atoms with Gasteiger partial charge in [-0.1, -0.05) is 36.4 Å². The predicted octanol–water partition coefficient (Wildman–Crippen LogP) is 4.14. The van der Waals surface area contributed by atoms with Gasteiger partial charge in [-0.05, 0) is 41.8 Å². The minimum absolute atomic E-state index is 0.194. The van der Waals surface area contributed by atoms with Crippen LogP contribution in [0, 0.1) is 0 Å². The molecule has 0 bridgehead atoms. The predicted molar refractivity (Wildman–Crippen MR) is 122 cm³/mol. The molecule has 0 saturated carbocycles. The molecule has 0 spiro atoms. The van der Waals surface area contributed by atoms with Crippen molar-refractivity contribution in [2.45, 2.75) is 12.8 Å². The lowest BCUT2D eigenvalue weighted by Crippen LogP contribution is -2.28. The molecule has 1 saturated heterocycles. The van der Waals surface area contributed by atoms with E-state index in [4.69, 9.17) is 4.74 Å². The van der Waals surface area contributed by atoms with Gasteiger partial charge in [0.2, 0.25) is 5.91 Å². The van der Waals surface area contributed by atoms with Crippen LogP contribution in [0.4, 0.5) is 5.69 Å². The van der Waals surface area contributed by atoms with Crippen LogP contribution in [0.2, 0.25) is 0 Å². The second-order valence-electron chi connectivity index (χ2n) is 7.61. The second kappa shape index (κ2) is 9.43. The number of fused-ring (bicyclic) bond motifs is 1. The van der Waals surface area contributed by atoms with Crippen molar-refractivity contribution in [2.75, 3.05) is 32.1 Å². The normalized spacial score (nSPS) is 14.2. The SMILES string of the molecule is COC(=O)c1ccc(C=C(CNc2cnc3ccccc3c2)CN2CCCC2=O)cc1. The van der Waals surface area contributed by atoms with E-state index in [1.54, 1.807) is 12.1 Å². The summed E-state index contributed by atoms with van der Waals surface area (Å²) in [5.41, 5.74) is 4.44. The number of nitrogens with zero attached hydrogens (tertiary/aromatic N) is 2. The van der Waals surface area contributed by atoms with Gasteiger partial charge in [0.05, 0.1) is 30.1 Å². The third-order valence-corrected chi connectivity index (χ3v) is 5.38. The maximum atomic E-state index is 12.2. The average molecular weight is 415 g/mol. The maximum absolute atomic E-state index is 12.2. The molecule has 2 aromatic carbocycles. The summed E-state index contributed by atoms with van der Waals surface area (Å²) in [7, 11) is 1.37. The number of aromatic nitrogens is 1. The summed E-state index contributed by atoms with van der Waals surface area (Å²) in [5, 5.41) is 4.52. The lowest BCUT2D eigenvalue weighted by molar-refractivity contribution is -0.127. The first-order valence-electron chi connectivity index (χ1n) is 10.4. The highest BCUT2D eigenvalue weighted by atomic mass is 16.5. The minimum Gasteiger partial charge on any atom is -0.465 e. The van der Waals surface area contributed by atoms with E-state index in [2.05, 4.69) is 22.4 Å². The molecule has 31 heavy (non-hydrogen) atoms. The largest absolute Gasteiger partial charge is 0.465 e. The molecule has 1 aliphatic heterocycles. The van der Waals surface area contributed by atoms with Crippen LogP contribution in [0.1, 0.15) is 28.8 Å². The first kappa shape index (κ1) is 20.6. The molecule has 4 rings (SSSR count). The highest BCUT2D eigenvalue weighted by Gasteiger charge is 2.20. The number of methoxy groups -OCH3 is 1. The second-order valence-corrected chi connectivity index (χ2v) is 7.61. The zero-order chi connectivity index (χ0) is 21.6. The molecule has 1 aliphatic rings. The minimum atomic E-state index is -0.358. The molecule has 1 N–H and O–H groups in total. The van der Waals surface area contributed by atoms with Gasteiger partial charge in [0.1, 0.15) is 0 Å². The first-order chi connectivity index (χ1) is 15.1. The molecule has 1 aromatic heterocycles. The molecular formula is C25H25N3O3. The number of nitrogens with one attached hydrogen (secondary N) is 1. The van der Waals surface area contributed by atoms with Crippen LogP contribution in [0.15, 0.2) is 66.4 Å². The Hall–Kier alpha value is -3.67. The number of carbonyl (C=O) groups excluding carboxylic acids is 2. The monoisotopic (exact) mass is 415 g/mol. The van der Waals surface area contributed by atoms with Crippen molar-refractivity contribution in [1.29, 1.82) is 0 Å². The van der Waals surface area contributed by atoms with Crippen LogP contribution in [0.3, 0.4) is 0 Å². The van der Waals surface area contributed by atoms with E-state index >= 15 is 0 Å². The number of hydrogen-bond donors (Lipinski definition) is 1. The van der Waals surface area contributed by atoms with Crippen molar-refractivity contribution in [1.82, 2.24) is 9.88 Å². The van der Waals surface area contributed by atoms with Crippen molar-refractivity contribution < 1.29 is 14.3 Å². The van der Waals surface area contributed by atoms with Gasteiger partial charge in [-0.25, -0.2) is 4.79 Å². The first-order valence-corrected chi connectivity index (χ1v) is 10.4. The van der Waals surface area contributed by atoms with Crippen molar-refractivity contribution in [3.05, 3.63) is 77.5 Å². The van der Waals surface area contributed by atoms with Crippen LogP contribution in [0.25, 0.3) is 17.0 Å². The number of ether oxygens (including phenoxy) is 1. The Bertz CT molecular complexity index is 1120. The van der Waals surface area contributed by atoms with Crippen molar-refractivity contribution in [3.8, 4) is 0 Å². The van der Waals surface area contributed by atoms with Crippen LogP contribution in [-0.2, 0) is 9.53 Å². The van der Waals surface area contributed by atoms with Crippen LogP contribution >= 0.6 is 0 Å². The summed E-state index contributed by atoms with van der Waals surface area (Å²) in [6.45, 7) is 1.95. The highest BCUT2D eigenvalue weighted by molar-refractivity contribution is 5.89. The molecule has 158 valence electrons. The van der Waals surface area contributed by atoms with Crippen molar-refractivity contribution in [3.63, 3.8) is 0 Å². The maximum Gasteiger partial charge on any atom is 0.337 e. The van der Waals surface area contributed by atoms with Gasteiger partial charge in [0.15, 0.2) is 0 Å². The topological polar surface area (TPSA) is 71.5 Å². The summed E-state index contributed by atoms with van der Waals surface area (Å²) in [6.07, 6.45) is 5.41. The Balaban J connectivity index is 1.53. The number of carbonyl (C=O) groups is 2. The molecule has 1 amide bonds. The number of benzene rings is 2. The van der Waals surface area contributed by atoms with Crippen molar-refractivity contribution >= 4 is 34.5 Å². The van der Waals surface area contributed by atoms with Crippen LogP contribution in [-0.4, -0.2) is 48.5 Å². The molecule has 2 heterocycles. The highest BCUT2D eigenvalue weighted by Crippen LogP contribution is 2.19. The Morgan fingerprint density at radius 3 is 2.74 bits per heavy atom. The Morgan fingerprint density at radius 1 is 1.19 bits per heavy atom. The number of pyridine rings is 1. The number of hydrogen-bond acceptors (Lipinski definition) is 5. The van der Waals surface area contributed by atoms with E-state index < -0.39 is 0 Å². The van der Waals surface area contributed by atoms with Gasteiger partial charge in [0, 0.05) is 31.4 Å². The third kappa shape index (κ3) is 5.09. The molecule has 1 fully saturated rings. The molecule has 0 unspecified atom stereocenters. The number of anilines is 1. The van der Waals surface area contributed by atoms with Gasteiger partial charge in [-0.3, -0.25) is 9.78 Å². The van der Waals surface area contributed by atoms with Gasteiger partial charge < -0.3 is 15.0 Å². The van der Waals surface area contributed by atoms with Gasteiger partial charge in [-0.15, -0.1) is 0 Å². The summed E-state index contributed by atoms with van der Waals surface area (Å²) in [6, 6.07) is 17.3. The molecule has 0 atom stereocenters. The zero-order valence-corrected chi connectivity index (χ0v) is 17.5. The quantitative estimate of drug-likeness (QED) is 0.587. The molecule has 3 aromatic rings. The van der Waals surface area contributed by atoms with E-state index in [9.17, 15) is 9.59 Å². The number of likely N-dealkylation sites (tertiary alicyclic amines) is 1. The van der Waals surface area contributed by atoms with E-state index in [1.165, 1.54) is 7.11 Å². The van der Waals surface area contributed by atoms with E-state index in [1.807, 2.05) is 47.5 Å². The summed E-state index contributed by atoms with van der Waals surface area (Å²) < 4.78 is 4.76. The summed E-state index contributed by atoms with van der Waals surface area (Å²) >= 11 is 0. The van der Waals surface area contributed by atoms with Crippen LogP contribution in [0.5, 0.6) is 0 Å². The number of esters is 1. The molecule has 6 nitrogen and oxygen atoms in total. The number of rotatable bonds is 7. The Morgan fingerprint density at radius 2 is 2.00 bits per heavy atom. The van der Waals surface area contributed by atoms with Gasteiger partial charge >= 0.3 is 5.97 Å². The Kier molecular flexibility index (Phi) is 6.26. The third-order valence-electron chi connectivity index (χ3n) is 5.38. The molecule has 0 radical (unpaired) electrons. The van der Waals surface area contributed by atoms with Gasteiger partial charge in [-0.2, -0.15) is 0 Å². The summed E-state index contributed by atoms with van der Waals surface area (Å²) in [4.78, 5) is 30.2. The number of amides is 1. The standard InChI is InChI=1S/C25H25N3O3/c1-31-25(30)20-10-8-18(9-11-20)13-19(17-28-12-4-7-24(28)29)15-26-22-14-21-5-2-3-6-23(21)27-16-22/h2-3,5-6,8-11,13-14,16,26H,4,7,12,15,17H2,1H3. The van der Waals surface area contributed by atoms with E-state index in [0.29, 0.717) is 25.1 Å².